The monoisotopic (exact) mass is 383 g/mol. The Morgan fingerprint density at radius 2 is 1.71 bits per heavy atom. The fourth-order valence-electron chi connectivity index (χ4n) is 3.09. The van der Waals surface area contributed by atoms with Crippen LogP contribution in [-0.2, 0) is 26.7 Å². The van der Waals surface area contributed by atoms with Crippen molar-refractivity contribution in [2.24, 2.45) is 7.05 Å². The van der Waals surface area contributed by atoms with E-state index in [9.17, 15) is 4.39 Å². The summed E-state index contributed by atoms with van der Waals surface area (Å²) < 4.78 is 26.2. The minimum atomic E-state index is -0.255. The van der Waals surface area contributed by atoms with Gasteiger partial charge in [-0.2, -0.15) is 5.10 Å². The summed E-state index contributed by atoms with van der Waals surface area (Å²) in [6.45, 7) is 5.93. The summed E-state index contributed by atoms with van der Waals surface area (Å²) in [6.07, 6.45) is 0. The Balaban J connectivity index is 1.60. The first kappa shape index (κ1) is 19.9. The third kappa shape index (κ3) is 4.70. The van der Waals surface area contributed by atoms with E-state index in [2.05, 4.69) is 17.3 Å². The Labute approximate surface area is 165 Å². The number of hydrogen-bond donors (Lipinski definition) is 1. The van der Waals surface area contributed by atoms with Gasteiger partial charge >= 0.3 is 0 Å². The number of aromatic nitrogens is 2. The molecular formula is C22H26FN3O2. The number of ether oxygens (including phenoxy) is 2. The Morgan fingerprint density at radius 1 is 1.00 bits per heavy atom. The van der Waals surface area contributed by atoms with Crippen molar-refractivity contribution >= 4 is 0 Å². The highest BCUT2D eigenvalue weighted by atomic mass is 19.1. The van der Waals surface area contributed by atoms with Gasteiger partial charge in [0.05, 0.1) is 12.8 Å². The molecule has 0 atom stereocenters. The predicted molar refractivity (Wildman–Crippen MR) is 107 cm³/mol. The molecule has 3 rings (SSSR count). The highest BCUT2D eigenvalue weighted by Crippen LogP contribution is 2.29. The van der Waals surface area contributed by atoms with E-state index in [0.29, 0.717) is 24.7 Å². The smallest absolute Gasteiger partial charge is 0.161 e. The zero-order valence-corrected chi connectivity index (χ0v) is 16.8. The molecule has 6 heteroatoms. The van der Waals surface area contributed by atoms with Crippen molar-refractivity contribution in [1.82, 2.24) is 15.1 Å². The van der Waals surface area contributed by atoms with Crippen LogP contribution in [0.1, 0.15) is 28.1 Å². The molecule has 28 heavy (non-hydrogen) atoms. The van der Waals surface area contributed by atoms with Crippen LogP contribution in [-0.4, -0.2) is 16.9 Å². The number of halogens is 1. The maximum atomic E-state index is 13.0. The Kier molecular flexibility index (Phi) is 6.31. The van der Waals surface area contributed by atoms with Crippen LogP contribution >= 0.6 is 0 Å². The molecular weight excluding hydrogens is 357 g/mol. The molecule has 3 aromatic rings. The van der Waals surface area contributed by atoms with Gasteiger partial charge in [-0.15, -0.1) is 0 Å². The van der Waals surface area contributed by atoms with Crippen molar-refractivity contribution in [3.05, 3.63) is 76.4 Å². The van der Waals surface area contributed by atoms with Gasteiger partial charge in [-0.3, -0.25) is 4.68 Å². The second-order valence-electron chi connectivity index (χ2n) is 6.78. The zero-order chi connectivity index (χ0) is 20.1. The lowest BCUT2D eigenvalue weighted by Gasteiger charge is -2.13. The molecule has 5 nitrogen and oxygen atoms in total. The normalized spacial score (nSPS) is 10.9. The molecule has 0 saturated heterocycles. The van der Waals surface area contributed by atoms with Gasteiger partial charge in [-0.05, 0) is 49.2 Å². The van der Waals surface area contributed by atoms with Crippen molar-refractivity contribution < 1.29 is 13.9 Å². The third-order valence-corrected chi connectivity index (χ3v) is 4.83. The number of nitrogens with zero attached hydrogens (tertiary/aromatic N) is 2. The van der Waals surface area contributed by atoms with Crippen LogP contribution in [0.3, 0.4) is 0 Å². The van der Waals surface area contributed by atoms with E-state index in [-0.39, 0.29) is 5.82 Å². The van der Waals surface area contributed by atoms with Gasteiger partial charge in [0.1, 0.15) is 12.4 Å². The number of rotatable bonds is 8. The lowest BCUT2D eigenvalue weighted by molar-refractivity contribution is 0.284. The zero-order valence-electron chi connectivity index (χ0n) is 16.8. The van der Waals surface area contributed by atoms with Crippen LogP contribution < -0.4 is 14.8 Å². The summed E-state index contributed by atoms with van der Waals surface area (Å²) in [7, 11) is 3.58. The second-order valence-corrected chi connectivity index (χ2v) is 6.78. The molecule has 0 amide bonds. The highest BCUT2D eigenvalue weighted by Gasteiger charge is 2.10. The standard InChI is InChI=1S/C22H26FN3O2/c1-15-20(16(2)26(3)25-15)13-24-12-18-7-10-21(22(11-18)27-4)28-14-17-5-8-19(23)9-6-17/h5-11,24H,12-14H2,1-4H3. The van der Waals surface area contributed by atoms with Crippen LogP contribution in [0.4, 0.5) is 4.39 Å². The van der Waals surface area contributed by atoms with Crippen molar-refractivity contribution in [3.63, 3.8) is 0 Å². The largest absolute Gasteiger partial charge is 0.493 e. The molecule has 1 heterocycles. The SMILES string of the molecule is COc1cc(CNCc2c(C)nn(C)c2C)ccc1OCc1ccc(F)cc1. The molecule has 0 radical (unpaired) electrons. The molecule has 148 valence electrons. The van der Waals surface area contributed by atoms with Gasteiger partial charge in [0, 0.05) is 31.4 Å². The van der Waals surface area contributed by atoms with Crippen molar-refractivity contribution in [2.75, 3.05) is 7.11 Å². The molecule has 0 spiro atoms. The van der Waals surface area contributed by atoms with E-state index in [1.807, 2.05) is 36.9 Å². The van der Waals surface area contributed by atoms with Crippen LogP contribution in [0.2, 0.25) is 0 Å². The third-order valence-electron chi connectivity index (χ3n) is 4.83. The number of nitrogens with one attached hydrogen (secondary N) is 1. The molecule has 0 aliphatic carbocycles. The minimum Gasteiger partial charge on any atom is -0.493 e. The fourth-order valence-corrected chi connectivity index (χ4v) is 3.09. The first-order valence-corrected chi connectivity index (χ1v) is 9.22. The summed E-state index contributed by atoms with van der Waals surface area (Å²) in [6, 6.07) is 12.2. The quantitative estimate of drug-likeness (QED) is 0.637. The Morgan fingerprint density at radius 3 is 2.36 bits per heavy atom. The topological polar surface area (TPSA) is 48.3 Å². The van der Waals surface area contributed by atoms with Crippen LogP contribution in [0.15, 0.2) is 42.5 Å². The van der Waals surface area contributed by atoms with Crippen molar-refractivity contribution in [1.29, 1.82) is 0 Å². The maximum absolute atomic E-state index is 13.0. The first-order chi connectivity index (χ1) is 13.5. The molecule has 0 bridgehead atoms. The van der Waals surface area contributed by atoms with Gasteiger partial charge in [0.25, 0.3) is 0 Å². The number of aryl methyl sites for hydroxylation is 2. The molecule has 1 N–H and O–H groups in total. The summed E-state index contributed by atoms with van der Waals surface area (Å²) >= 11 is 0. The number of benzene rings is 2. The average Bonchev–Trinajstić information content (AvgIpc) is 2.94. The van der Waals surface area contributed by atoms with Crippen molar-refractivity contribution in [3.8, 4) is 11.5 Å². The van der Waals surface area contributed by atoms with Gasteiger partial charge in [0.15, 0.2) is 11.5 Å². The average molecular weight is 383 g/mol. The van der Waals surface area contributed by atoms with Gasteiger partial charge in [0.2, 0.25) is 0 Å². The van der Waals surface area contributed by atoms with Crippen LogP contribution in [0.5, 0.6) is 11.5 Å². The number of methoxy groups -OCH3 is 1. The van der Waals surface area contributed by atoms with E-state index in [1.165, 1.54) is 23.4 Å². The van der Waals surface area contributed by atoms with E-state index in [0.717, 1.165) is 23.4 Å². The summed E-state index contributed by atoms with van der Waals surface area (Å²) in [5, 5.41) is 7.91. The molecule has 0 aliphatic rings. The van der Waals surface area contributed by atoms with Gasteiger partial charge in [-0.1, -0.05) is 18.2 Å². The van der Waals surface area contributed by atoms with E-state index in [4.69, 9.17) is 9.47 Å². The lowest BCUT2D eigenvalue weighted by Crippen LogP contribution is -2.14. The van der Waals surface area contributed by atoms with Crippen molar-refractivity contribution in [2.45, 2.75) is 33.5 Å². The Hall–Kier alpha value is -2.86. The summed E-state index contributed by atoms with van der Waals surface area (Å²) in [5.74, 6) is 1.08. The molecule has 2 aromatic carbocycles. The summed E-state index contributed by atoms with van der Waals surface area (Å²) in [4.78, 5) is 0. The molecule has 0 unspecified atom stereocenters. The highest BCUT2D eigenvalue weighted by molar-refractivity contribution is 5.43. The Bertz CT molecular complexity index is 936. The van der Waals surface area contributed by atoms with Gasteiger partial charge in [-0.25, -0.2) is 4.39 Å². The molecule has 0 aliphatic heterocycles. The van der Waals surface area contributed by atoms with E-state index in [1.54, 1.807) is 19.2 Å². The first-order valence-electron chi connectivity index (χ1n) is 9.22. The molecule has 1 aromatic heterocycles. The van der Waals surface area contributed by atoms with Crippen LogP contribution in [0.25, 0.3) is 0 Å². The van der Waals surface area contributed by atoms with E-state index < -0.39 is 0 Å². The number of hydrogen-bond acceptors (Lipinski definition) is 4. The maximum Gasteiger partial charge on any atom is 0.161 e. The fraction of sp³-hybridized carbons (Fsp3) is 0.318. The van der Waals surface area contributed by atoms with E-state index >= 15 is 0 Å². The summed E-state index contributed by atoms with van der Waals surface area (Å²) in [5.41, 5.74) is 5.46. The molecule has 0 saturated carbocycles. The van der Waals surface area contributed by atoms with Gasteiger partial charge < -0.3 is 14.8 Å². The second kappa shape index (κ2) is 8.89. The lowest BCUT2D eigenvalue weighted by atomic mass is 10.1. The molecule has 0 fully saturated rings. The predicted octanol–water partition coefficient (Wildman–Crippen LogP) is 4.05. The minimum absolute atomic E-state index is 0.255. The van der Waals surface area contributed by atoms with Crippen LogP contribution in [0, 0.1) is 19.7 Å².